The summed E-state index contributed by atoms with van der Waals surface area (Å²) in [5.41, 5.74) is 8.66. The minimum Gasteiger partial charge on any atom is -0.445 e. The first-order chi connectivity index (χ1) is 14.1. The number of nitrogens with two attached hydrogens (primary N) is 1. The minimum absolute atomic E-state index is 0.127. The van der Waals surface area contributed by atoms with Crippen molar-refractivity contribution in [2.75, 3.05) is 11.1 Å². The summed E-state index contributed by atoms with van der Waals surface area (Å²) in [6.45, 7) is 0.127. The van der Waals surface area contributed by atoms with Crippen molar-refractivity contribution >= 4 is 23.4 Å². The molecule has 0 heterocycles. The van der Waals surface area contributed by atoms with Gasteiger partial charge in [-0.1, -0.05) is 66.7 Å². The van der Waals surface area contributed by atoms with Crippen molar-refractivity contribution in [3.63, 3.8) is 0 Å². The topological polar surface area (TPSA) is 93.5 Å². The first-order valence-electron chi connectivity index (χ1n) is 9.28. The number of hydrogen-bond donors (Lipinski definition) is 3. The average Bonchev–Trinajstić information content (AvgIpc) is 2.73. The van der Waals surface area contributed by atoms with Crippen molar-refractivity contribution in [3.8, 4) is 0 Å². The first-order valence-corrected chi connectivity index (χ1v) is 9.28. The second-order valence-corrected chi connectivity index (χ2v) is 6.56. The molecule has 3 aromatic carbocycles. The molecule has 3 aromatic rings. The summed E-state index contributed by atoms with van der Waals surface area (Å²) in [5.74, 6) is -0.351. The number of anilines is 2. The molecule has 0 bridgehead atoms. The van der Waals surface area contributed by atoms with E-state index in [0.29, 0.717) is 17.8 Å². The highest BCUT2D eigenvalue weighted by molar-refractivity contribution is 5.97. The van der Waals surface area contributed by atoms with E-state index in [0.717, 1.165) is 11.1 Å². The van der Waals surface area contributed by atoms with E-state index in [1.807, 2.05) is 60.7 Å². The van der Waals surface area contributed by atoms with Gasteiger partial charge in [0.15, 0.2) is 0 Å². The maximum Gasteiger partial charge on any atom is 0.408 e. The highest BCUT2D eigenvalue weighted by Crippen LogP contribution is 2.13. The van der Waals surface area contributed by atoms with E-state index >= 15 is 0 Å². The number of rotatable bonds is 7. The van der Waals surface area contributed by atoms with Crippen LogP contribution in [0.5, 0.6) is 0 Å². The number of nitrogens with one attached hydrogen (secondary N) is 2. The molecular weight excluding hydrogens is 366 g/mol. The summed E-state index contributed by atoms with van der Waals surface area (Å²) in [6.07, 6.45) is -0.326. The van der Waals surface area contributed by atoms with Gasteiger partial charge in [-0.05, 0) is 29.3 Å². The van der Waals surface area contributed by atoms with E-state index in [1.165, 1.54) is 0 Å². The average molecular weight is 389 g/mol. The van der Waals surface area contributed by atoms with Gasteiger partial charge in [0.1, 0.15) is 12.6 Å². The van der Waals surface area contributed by atoms with Crippen LogP contribution < -0.4 is 16.4 Å². The zero-order valence-electron chi connectivity index (χ0n) is 15.9. The predicted molar refractivity (Wildman–Crippen MR) is 113 cm³/mol. The van der Waals surface area contributed by atoms with Gasteiger partial charge in [-0.3, -0.25) is 4.79 Å². The molecule has 0 aliphatic carbocycles. The smallest absolute Gasteiger partial charge is 0.408 e. The number of carbonyl (C=O) groups excluding carboxylic acids is 2. The quantitative estimate of drug-likeness (QED) is 0.537. The fourth-order valence-corrected chi connectivity index (χ4v) is 2.81. The molecule has 6 heteroatoms. The molecule has 0 radical (unpaired) electrons. The Bertz CT molecular complexity index is 946. The summed E-state index contributed by atoms with van der Waals surface area (Å²) >= 11 is 0. The number of amides is 2. The van der Waals surface area contributed by atoms with Gasteiger partial charge in [0.05, 0.1) is 0 Å². The largest absolute Gasteiger partial charge is 0.445 e. The molecule has 0 aliphatic heterocycles. The fourth-order valence-electron chi connectivity index (χ4n) is 2.81. The lowest BCUT2D eigenvalue weighted by atomic mass is 10.1. The Labute approximate surface area is 169 Å². The zero-order valence-corrected chi connectivity index (χ0v) is 15.9. The van der Waals surface area contributed by atoms with Crippen molar-refractivity contribution < 1.29 is 14.3 Å². The SMILES string of the molecule is Nc1cccc(NC(=O)[C@H](Cc2ccccc2)NC(=O)OCc2ccccc2)c1. The van der Waals surface area contributed by atoms with E-state index < -0.39 is 12.1 Å². The molecule has 0 saturated carbocycles. The van der Waals surface area contributed by atoms with Crippen LogP contribution in [-0.4, -0.2) is 18.0 Å². The van der Waals surface area contributed by atoms with Crippen LogP contribution in [-0.2, 0) is 22.6 Å². The van der Waals surface area contributed by atoms with Crippen LogP contribution in [0.15, 0.2) is 84.9 Å². The van der Waals surface area contributed by atoms with Gasteiger partial charge in [0, 0.05) is 17.8 Å². The summed E-state index contributed by atoms with van der Waals surface area (Å²) < 4.78 is 5.27. The molecular formula is C23H23N3O3. The summed E-state index contributed by atoms with van der Waals surface area (Å²) in [7, 11) is 0. The molecule has 4 N–H and O–H groups in total. The first kappa shape index (κ1) is 19.9. The standard InChI is InChI=1S/C23H23N3O3/c24-19-12-7-13-20(15-19)25-22(27)21(14-17-8-3-1-4-9-17)26-23(28)29-16-18-10-5-2-6-11-18/h1-13,15,21H,14,16,24H2,(H,25,27)(H,26,28)/t21-/m0/s1. The van der Waals surface area contributed by atoms with E-state index in [4.69, 9.17) is 10.5 Å². The van der Waals surface area contributed by atoms with Gasteiger partial charge >= 0.3 is 6.09 Å². The molecule has 29 heavy (non-hydrogen) atoms. The summed E-state index contributed by atoms with van der Waals surface area (Å²) in [5, 5.41) is 5.46. The molecule has 0 aliphatic rings. The lowest BCUT2D eigenvalue weighted by Gasteiger charge is -2.19. The van der Waals surface area contributed by atoms with Crippen LogP contribution in [0.25, 0.3) is 0 Å². The molecule has 0 unspecified atom stereocenters. The second-order valence-electron chi connectivity index (χ2n) is 6.56. The second kappa shape index (κ2) is 9.94. The zero-order chi connectivity index (χ0) is 20.5. The Balaban J connectivity index is 1.66. The van der Waals surface area contributed by atoms with Crippen LogP contribution in [0.4, 0.5) is 16.2 Å². The Morgan fingerprint density at radius 1 is 0.862 bits per heavy atom. The highest BCUT2D eigenvalue weighted by Gasteiger charge is 2.22. The van der Waals surface area contributed by atoms with Crippen molar-refractivity contribution in [2.45, 2.75) is 19.1 Å². The normalized spacial score (nSPS) is 11.3. The summed E-state index contributed by atoms with van der Waals surface area (Å²) in [4.78, 5) is 25.1. The third-order valence-electron chi connectivity index (χ3n) is 4.26. The monoisotopic (exact) mass is 389 g/mol. The van der Waals surface area contributed by atoms with E-state index in [1.54, 1.807) is 24.3 Å². The molecule has 148 valence electrons. The van der Waals surface area contributed by atoms with Crippen LogP contribution in [0.1, 0.15) is 11.1 Å². The third-order valence-corrected chi connectivity index (χ3v) is 4.26. The van der Waals surface area contributed by atoms with Crippen molar-refractivity contribution in [3.05, 3.63) is 96.1 Å². The number of nitrogen functional groups attached to an aromatic ring is 1. The van der Waals surface area contributed by atoms with Gasteiger partial charge in [-0.25, -0.2) is 4.79 Å². The molecule has 0 saturated heterocycles. The van der Waals surface area contributed by atoms with Crippen LogP contribution in [0.2, 0.25) is 0 Å². The molecule has 0 spiro atoms. The van der Waals surface area contributed by atoms with E-state index in [2.05, 4.69) is 10.6 Å². The number of alkyl carbamates (subject to hydrolysis) is 1. The Morgan fingerprint density at radius 3 is 2.17 bits per heavy atom. The van der Waals surface area contributed by atoms with Crippen molar-refractivity contribution in [2.24, 2.45) is 0 Å². The highest BCUT2D eigenvalue weighted by atomic mass is 16.5. The van der Waals surface area contributed by atoms with Gasteiger partial charge < -0.3 is 21.1 Å². The van der Waals surface area contributed by atoms with Crippen molar-refractivity contribution in [1.29, 1.82) is 0 Å². The minimum atomic E-state index is -0.804. The lowest BCUT2D eigenvalue weighted by Crippen LogP contribution is -2.45. The Kier molecular flexibility index (Phi) is 6.84. The molecule has 0 aromatic heterocycles. The Hall–Kier alpha value is -3.80. The number of carbonyl (C=O) groups is 2. The molecule has 6 nitrogen and oxygen atoms in total. The van der Waals surface area contributed by atoms with Crippen LogP contribution in [0.3, 0.4) is 0 Å². The Morgan fingerprint density at radius 2 is 1.52 bits per heavy atom. The van der Waals surface area contributed by atoms with E-state index in [-0.39, 0.29) is 12.5 Å². The fraction of sp³-hybridized carbons (Fsp3) is 0.130. The molecule has 0 fully saturated rings. The lowest BCUT2D eigenvalue weighted by molar-refractivity contribution is -0.118. The van der Waals surface area contributed by atoms with Gasteiger partial charge in [0.2, 0.25) is 5.91 Å². The van der Waals surface area contributed by atoms with Crippen LogP contribution >= 0.6 is 0 Å². The number of hydrogen-bond acceptors (Lipinski definition) is 4. The maximum absolute atomic E-state index is 12.8. The number of ether oxygens (including phenoxy) is 1. The van der Waals surface area contributed by atoms with Gasteiger partial charge in [-0.2, -0.15) is 0 Å². The van der Waals surface area contributed by atoms with Crippen LogP contribution in [0, 0.1) is 0 Å². The van der Waals surface area contributed by atoms with Gasteiger partial charge in [-0.15, -0.1) is 0 Å². The van der Waals surface area contributed by atoms with Crippen molar-refractivity contribution in [1.82, 2.24) is 5.32 Å². The molecule has 3 rings (SSSR count). The predicted octanol–water partition coefficient (Wildman–Crippen LogP) is 3.75. The number of benzene rings is 3. The maximum atomic E-state index is 12.8. The molecule has 2 amide bonds. The summed E-state index contributed by atoms with van der Waals surface area (Å²) in [6, 6.07) is 24.9. The van der Waals surface area contributed by atoms with Gasteiger partial charge in [0.25, 0.3) is 0 Å². The molecule has 1 atom stereocenters. The van der Waals surface area contributed by atoms with E-state index in [9.17, 15) is 9.59 Å². The third kappa shape index (κ3) is 6.39.